The first-order valence-electron chi connectivity index (χ1n) is 6.42. The Bertz CT molecular complexity index is 620. The molecule has 2 N–H and O–H groups in total. The summed E-state index contributed by atoms with van der Waals surface area (Å²) >= 11 is 0.780. The van der Waals surface area contributed by atoms with Crippen LogP contribution in [0.25, 0.3) is 0 Å². The van der Waals surface area contributed by atoms with Crippen molar-refractivity contribution < 1.29 is 8.42 Å². The van der Waals surface area contributed by atoms with Gasteiger partial charge in [0, 0.05) is 24.8 Å². The molecular weight excluding hydrogens is 286 g/mol. The second kappa shape index (κ2) is 4.69. The zero-order valence-corrected chi connectivity index (χ0v) is 12.3. The lowest BCUT2D eigenvalue weighted by Gasteiger charge is -2.24. The number of rotatable bonds is 2. The molecule has 1 aromatic rings. The Morgan fingerprint density at radius 3 is 2.79 bits per heavy atom. The highest BCUT2D eigenvalue weighted by Gasteiger charge is 2.41. The van der Waals surface area contributed by atoms with Gasteiger partial charge in [0.15, 0.2) is 4.21 Å². The highest BCUT2D eigenvalue weighted by Crippen LogP contribution is 2.30. The number of fused-ring (bicyclic) bond motifs is 1. The Hall–Kier alpha value is -0.700. The van der Waals surface area contributed by atoms with Gasteiger partial charge in [-0.2, -0.15) is 4.31 Å². The molecule has 0 aromatic carbocycles. The van der Waals surface area contributed by atoms with E-state index in [1.54, 1.807) is 6.92 Å². The molecule has 2 aliphatic rings. The van der Waals surface area contributed by atoms with Gasteiger partial charge in [-0.25, -0.2) is 8.42 Å². The number of nitrogens with zero attached hydrogens (tertiary/aromatic N) is 1. The van der Waals surface area contributed by atoms with Crippen molar-refractivity contribution in [1.82, 2.24) is 14.6 Å². The van der Waals surface area contributed by atoms with E-state index in [0.717, 1.165) is 30.7 Å². The third-order valence-electron chi connectivity index (χ3n) is 3.92. The standard InChI is InChI=1S/C11H17N3O3S2/c1-7-10(18-11(15)13-7)19(16,17)14-5-8-3-2-4-12-9(8)6-14/h8-9,12H,2-6H2,1H3,(H,13,15)/t8-,9+/m0/s1. The molecule has 3 rings (SSSR count). The molecule has 0 amide bonds. The quantitative estimate of drug-likeness (QED) is 0.813. The summed E-state index contributed by atoms with van der Waals surface area (Å²) < 4.78 is 26.8. The van der Waals surface area contributed by atoms with Crippen molar-refractivity contribution in [3.63, 3.8) is 0 Å². The minimum Gasteiger partial charge on any atom is -0.315 e. The minimum atomic E-state index is -3.53. The van der Waals surface area contributed by atoms with Gasteiger partial charge in [-0.15, -0.1) is 0 Å². The maximum atomic E-state index is 12.6. The molecule has 0 unspecified atom stereocenters. The maximum Gasteiger partial charge on any atom is 0.305 e. The van der Waals surface area contributed by atoms with Crippen LogP contribution in [0.15, 0.2) is 9.00 Å². The summed E-state index contributed by atoms with van der Waals surface area (Å²) in [6, 6.07) is 0.263. The number of nitrogens with one attached hydrogen (secondary N) is 2. The Labute approximate surface area is 115 Å². The van der Waals surface area contributed by atoms with Gasteiger partial charge in [-0.3, -0.25) is 4.79 Å². The number of thiazole rings is 1. The maximum absolute atomic E-state index is 12.6. The summed E-state index contributed by atoms with van der Waals surface area (Å²) in [6.07, 6.45) is 2.18. The van der Waals surface area contributed by atoms with Crippen molar-refractivity contribution in [1.29, 1.82) is 0 Å². The molecular formula is C11H17N3O3S2. The van der Waals surface area contributed by atoms with Crippen LogP contribution >= 0.6 is 11.3 Å². The van der Waals surface area contributed by atoms with E-state index in [1.165, 1.54) is 4.31 Å². The van der Waals surface area contributed by atoms with E-state index in [4.69, 9.17) is 0 Å². The molecule has 106 valence electrons. The molecule has 1 aromatic heterocycles. The number of hydrogen-bond donors (Lipinski definition) is 2. The summed E-state index contributed by atoms with van der Waals surface area (Å²) in [5, 5.41) is 3.38. The SMILES string of the molecule is Cc1[nH]c(=O)sc1S(=O)(=O)N1C[C@@H]2CCCN[C@@H]2C1. The molecule has 0 aliphatic carbocycles. The largest absolute Gasteiger partial charge is 0.315 e. The molecule has 0 saturated carbocycles. The van der Waals surface area contributed by atoms with E-state index in [1.807, 2.05) is 0 Å². The monoisotopic (exact) mass is 303 g/mol. The molecule has 2 aliphatic heterocycles. The van der Waals surface area contributed by atoms with Crippen LogP contribution in [0, 0.1) is 12.8 Å². The number of piperidine rings is 1. The van der Waals surface area contributed by atoms with Crippen LogP contribution in [0.3, 0.4) is 0 Å². The number of aromatic amines is 1. The van der Waals surface area contributed by atoms with Crippen molar-refractivity contribution >= 4 is 21.4 Å². The Balaban J connectivity index is 1.89. The molecule has 0 spiro atoms. The predicted octanol–water partition coefficient (Wildman–Crippen LogP) is 0.117. The van der Waals surface area contributed by atoms with Crippen molar-refractivity contribution in [2.75, 3.05) is 19.6 Å². The van der Waals surface area contributed by atoms with Crippen LogP contribution in [-0.4, -0.2) is 43.4 Å². The first kappa shape index (κ1) is 13.3. The third kappa shape index (κ3) is 2.26. The number of aryl methyl sites for hydroxylation is 1. The lowest BCUT2D eigenvalue weighted by molar-refractivity contribution is 0.339. The predicted molar refractivity (Wildman–Crippen MR) is 73.0 cm³/mol. The van der Waals surface area contributed by atoms with Crippen LogP contribution in [0.2, 0.25) is 0 Å². The van der Waals surface area contributed by atoms with E-state index in [0.29, 0.717) is 24.7 Å². The van der Waals surface area contributed by atoms with E-state index in [-0.39, 0.29) is 15.1 Å². The zero-order chi connectivity index (χ0) is 13.6. The molecule has 0 radical (unpaired) electrons. The van der Waals surface area contributed by atoms with Crippen LogP contribution < -0.4 is 10.2 Å². The molecule has 2 saturated heterocycles. The molecule has 2 fully saturated rings. The molecule has 6 nitrogen and oxygen atoms in total. The molecule has 19 heavy (non-hydrogen) atoms. The Morgan fingerprint density at radius 1 is 1.37 bits per heavy atom. The van der Waals surface area contributed by atoms with Gasteiger partial charge in [0.05, 0.1) is 0 Å². The van der Waals surface area contributed by atoms with Crippen molar-refractivity contribution in [3.8, 4) is 0 Å². The first-order chi connectivity index (χ1) is 8.98. The average molecular weight is 303 g/mol. The normalized spacial score (nSPS) is 28.5. The Morgan fingerprint density at radius 2 is 2.16 bits per heavy atom. The highest BCUT2D eigenvalue weighted by molar-refractivity contribution is 7.91. The lowest BCUT2D eigenvalue weighted by atomic mass is 9.94. The summed E-state index contributed by atoms with van der Waals surface area (Å²) in [5.41, 5.74) is 0.442. The smallest absolute Gasteiger partial charge is 0.305 e. The first-order valence-corrected chi connectivity index (χ1v) is 8.67. The fraction of sp³-hybridized carbons (Fsp3) is 0.727. The van der Waals surface area contributed by atoms with Gasteiger partial charge in [-0.05, 0) is 32.2 Å². The minimum absolute atomic E-state index is 0.163. The van der Waals surface area contributed by atoms with Gasteiger partial charge < -0.3 is 10.3 Å². The molecule has 8 heteroatoms. The lowest BCUT2D eigenvalue weighted by Crippen LogP contribution is -2.41. The average Bonchev–Trinajstić information content (AvgIpc) is 2.92. The molecule has 2 atom stereocenters. The van der Waals surface area contributed by atoms with Gasteiger partial charge >= 0.3 is 4.87 Å². The molecule has 0 bridgehead atoms. The van der Waals surface area contributed by atoms with Crippen LogP contribution in [-0.2, 0) is 10.0 Å². The van der Waals surface area contributed by atoms with Gasteiger partial charge in [-0.1, -0.05) is 11.3 Å². The number of hydrogen-bond acceptors (Lipinski definition) is 5. The third-order valence-corrected chi connectivity index (χ3v) is 7.33. The van der Waals surface area contributed by atoms with Crippen molar-refractivity contribution in [2.24, 2.45) is 5.92 Å². The summed E-state index contributed by atoms with van der Waals surface area (Å²) in [6.45, 7) is 3.67. The van der Waals surface area contributed by atoms with Crippen molar-refractivity contribution in [2.45, 2.75) is 30.0 Å². The van der Waals surface area contributed by atoms with Gasteiger partial charge in [0.2, 0.25) is 0 Å². The second-order valence-corrected chi connectivity index (χ2v) is 8.33. The second-order valence-electron chi connectivity index (χ2n) is 5.21. The topological polar surface area (TPSA) is 82.3 Å². The van der Waals surface area contributed by atoms with Crippen LogP contribution in [0.4, 0.5) is 0 Å². The van der Waals surface area contributed by atoms with Crippen LogP contribution in [0.5, 0.6) is 0 Å². The van der Waals surface area contributed by atoms with E-state index in [2.05, 4.69) is 10.3 Å². The summed E-state index contributed by atoms with van der Waals surface area (Å²) in [4.78, 5) is 13.5. The summed E-state index contributed by atoms with van der Waals surface area (Å²) in [7, 11) is -3.53. The fourth-order valence-electron chi connectivity index (χ4n) is 2.96. The fourth-order valence-corrected chi connectivity index (χ4v) is 5.92. The van der Waals surface area contributed by atoms with E-state index < -0.39 is 10.0 Å². The number of sulfonamides is 1. The van der Waals surface area contributed by atoms with E-state index >= 15 is 0 Å². The Kier molecular flexibility index (Phi) is 3.28. The van der Waals surface area contributed by atoms with E-state index in [9.17, 15) is 13.2 Å². The number of aromatic nitrogens is 1. The van der Waals surface area contributed by atoms with Gasteiger partial charge in [0.1, 0.15) is 0 Å². The molecule has 3 heterocycles. The highest BCUT2D eigenvalue weighted by atomic mass is 32.2. The summed E-state index contributed by atoms with van der Waals surface area (Å²) in [5.74, 6) is 0.402. The van der Waals surface area contributed by atoms with Gasteiger partial charge in [0.25, 0.3) is 10.0 Å². The van der Waals surface area contributed by atoms with Crippen molar-refractivity contribution in [3.05, 3.63) is 15.4 Å². The van der Waals surface area contributed by atoms with Crippen LogP contribution in [0.1, 0.15) is 18.5 Å². The number of H-pyrrole nitrogens is 1. The zero-order valence-electron chi connectivity index (χ0n) is 10.7.